The van der Waals surface area contributed by atoms with Gasteiger partial charge in [-0.05, 0) is 19.7 Å². The van der Waals surface area contributed by atoms with Crippen molar-refractivity contribution in [2.24, 2.45) is 0 Å². The number of amides is 1. The first-order valence-corrected chi connectivity index (χ1v) is 9.37. The molecule has 9 heteroatoms. The highest BCUT2D eigenvalue weighted by molar-refractivity contribution is 5.67. The molecule has 0 spiro atoms. The zero-order valence-electron chi connectivity index (χ0n) is 16.0. The van der Waals surface area contributed by atoms with Gasteiger partial charge >= 0.3 is 6.09 Å². The Morgan fingerprint density at radius 3 is 2.82 bits per heavy atom. The molecule has 0 bridgehead atoms. The molecule has 4 atom stereocenters. The molecule has 3 heterocycles. The van der Waals surface area contributed by atoms with E-state index in [1.807, 2.05) is 55.5 Å². The van der Waals surface area contributed by atoms with Crippen molar-refractivity contribution in [2.75, 3.05) is 27.3 Å². The number of nitrogens with zero attached hydrogens (tertiary/aromatic N) is 4. The maximum atomic E-state index is 12.1. The highest BCUT2D eigenvalue weighted by Crippen LogP contribution is 2.35. The molecular formula is C19H25N5O4. The van der Waals surface area contributed by atoms with Gasteiger partial charge in [-0.2, -0.15) is 0 Å². The molecular weight excluding hydrogens is 362 g/mol. The van der Waals surface area contributed by atoms with Gasteiger partial charge in [0.2, 0.25) is 0 Å². The predicted octanol–water partition coefficient (Wildman–Crippen LogP) is 0.973. The monoisotopic (exact) mass is 387 g/mol. The van der Waals surface area contributed by atoms with Gasteiger partial charge in [0.1, 0.15) is 18.2 Å². The van der Waals surface area contributed by atoms with Gasteiger partial charge in [-0.15, -0.1) is 5.10 Å². The van der Waals surface area contributed by atoms with Crippen molar-refractivity contribution in [3.8, 4) is 0 Å². The van der Waals surface area contributed by atoms with Crippen molar-refractivity contribution in [2.45, 2.75) is 37.4 Å². The molecule has 150 valence electrons. The number of carbonyl (C=O) groups excluding carboxylic acids is 1. The smallest absolute Gasteiger partial charge is 0.407 e. The fourth-order valence-corrected chi connectivity index (χ4v) is 3.59. The van der Waals surface area contributed by atoms with Crippen LogP contribution in [0.15, 0.2) is 36.5 Å². The molecule has 0 unspecified atom stereocenters. The Balaban J connectivity index is 1.31. The number of fused-ring (bicyclic) bond motifs is 1. The van der Waals surface area contributed by atoms with Gasteiger partial charge in [-0.3, -0.25) is 0 Å². The maximum absolute atomic E-state index is 12.1. The first-order chi connectivity index (χ1) is 13.6. The van der Waals surface area contributed by atoms with Crippen LogP contribution in [0.5, 0.6) is 0 Å². The molecule has 4 rings (SSSR count). The van der Waals surface area contributed by atoms with Crippen LogP contribution in [-0.4, -0.2) is 71.6 Å². The van der Waals surface area contributed by atoms with Crippen LogP contribution in [0.4, 0.5) is 4.79 Å². The number of carbonyl (C=O) groups is 1. The minimum atomic E-state index is -0.473. The summed E-state index contributed by atoms with van der Waals surface area (Å²) in [5.41, 5.74) is 1.90. The van der Waals surface area contributed by atoms with Crippen LogP contribution in [0.1, 0.15) is 17.3 Å². The molecule has 0 saturated carbocycles. The number of benzene rings is 1. The number of hydrogen-bond acceptors (Lipinski definition) is 7. The summed E-state index contributed by atoms with van der Waals surface area (Å²) in [5.74, 6) is 0. The second-order valence-corrected chi connectivity index (χ2v) is 7.37. The average Bonchev–Trinajstić information content (AvgIpc) is 3.38. The van der Waals surface area contributed by atoms with Crippen LogP contribution in [0.2, 0.25) is 0 Å². The summed E-state index contributed by atoms with van der Waals surface area (Å²) in [4.78, 5) is 14.2. The zero-order chi connectivity index (χ0) is 19.5. The Morgan fingerprint density at radius 1 is 1.25 bits per heavy atom. The number of alkyl carbamates (subject to hydrolysis) is 1. The fourth-order valence-electron chi connectivity index (χ4n) is 3.59. The summed E-state index contributed by atoms with van der Waals surface area (Å²) < 4.78 is 19.1. The van der Waals surface area contributed by atoms with E-state index in [0.717, 1.165) is 17.8 Å². The van der Waals surface area contributed by atoms with Gasteiger partial charge < -0.3 is 24.4 Å². The number of ether oxygens (including phenoxy) is 3. The van der Waals surface area contributed by atoms with Crippen molar-refractivity contribution >= 4 is 6.09 Å². The Hall–Kier alpha value is -2.49. The van der Waals surface area contributed by atoms with Crippen LogP contribution in [-0.2, 0) is 27.3 Å². The maximum Gasteiger partial charge on any atom is 0.407 e. The third-order valence-corrected chi connectivity index (χ3v) is 4.90. The van der Waals surface area contributed by atoms with Crippen LogP contribution in [0.3, 0.4) is 0 Å². The summed E-state index contributed by atoms with van der Waals surface area (Å²) in [6.45, 7) is 1.89. The Morgan fingerprint density at radius 2 is 2.04 bits per heavy atom. The van der Waals surface area contributed by atoms with E-state index in [1.165, 1.54) is 0 Å². The molecule has 0 aliphatic carbocycles. The molecule has 0 radical (unpaired) electrons. The molecule has 2 aliphatic heterocycles. The molecule has 2 fully saturated rings. The van der Waals surface area contributed by atoms with Crippen molar-refractivity contribution in [1.82, 2.24) is 25.2 Å². The quantitative estimate of drug-likeness (QED) is 0.790. The largest absolute Gasteiger partial charge is 0.441 e. The highest BCUT2D eigenvalue weighted by Gasteiger charge is 2.50. The molecule has 2 aromatic rings. The molecule has 1 aromatic heterocycles. The van der Waals surface area contributed by atoms with Crippen molar-refractivity contribution in [3.63, 3.8) is 0 Å². The summed E-state index contributed by atoms with van der Waals surface area (Å²) in [5, 5.41) is 11.2. The van der Waals surface area contributed by atoms with Crippen LogP contribution in [0.25, 0.3) is 0 Å². The molecule has 28 heavy (non-hydrogen) atoms. The van der Waals surface area contributed by atoms with E-state index in [4.69, 9.17) is 14.2 Å². The number of aromatic nitrogens is 3. The van der Waals surface area contributed by atoms with E-state index in [-0.39, 0.29) is 18.2 Å². The van der Waals surface area contributed by atoms with E-state index < -0.39 is 12.2 Å². The first-order valence-electron chi connectivity index (χ1n) is 9.37. The molecule has 9 nitrogen and oxygen atoms in total. The Kier molecular flexibility index (Phi) is 5.56. The standard InChI is InChI=1S/C19H25N5O4/c1-23(2)9-14-10-24(22-21-14)15-11-26-18-16(12-27-17(15)18)28-19(25)20-8-13-6-4-3-5-7-13/h3-7,10,15-18H,8-9,11-12H2,1-2H3,(H,20,25)/t15-,16-,17-,18+/m1/s1. The van der Waals surface area contributed by atoms with Crippen LogP contribution in [0, 0.1) is 0 Å². The zero-order valence-corrected chi connectivity index (χ0v) is 16.0. The molecule has 1 amide bonds. The molecule has 1 N–H and O–H groups in total. The van der Waals surface area contributed by atoms with Crippen LogP contribution >= 0.6 is 0 Å². The van der Waals surface area contributed by atoms with Gasteiger partial charge in [-0.1, -0.05) is 35.5 Å². The average molecular weight is 387 g/mol. The van der Waals surface area contributed by atoms with Crippen molar-refractivity contribution in [3.05, 3.63) is 47.8 Å². The second kappa shape index (κ2) is 8.26. The first kappa shape index (κ1) is 18.9. The predicted molar refractivity (Wildman–Crippen MR) is 99.5 cm³/mol. The topological polar surface area (TPSA) is 90.7 Å². The summed E-state index contributed by atoms with van der Waals surface area (Å²) in [7, 11) is 3.97. The van der Waals surface area contributed by atoms with Crippen LogP contribution < -0.4 is 5.32 Å². The third kappa shape index (κ3) is 4.16. The Bertz CT molecular complexity index is 797. The van der Waals surface area contributed by atoms with E-state index in [2.05, 4.69) is 15.6 Å². The number of rotatable bonds is 6. The van der Waals surface area contributed by atoms with E-state index in [9.17, 15) is 4.79 Å². The van der Waals surface area contributed by atoms with Gasteiger partial charge in [-0.25, -0.2) is 9.48 Å². The summed E-state index contributed by atoms with van der Waals surface area (Å²) >= 11 is 0. The second-order valence-electron chi connectivity index (χ2n) is 7.37. The van der Waals surface area contributed by atoms with Gasteiger partial charge in [0, 0.05) is 13.1 Å². The number of hydrogen-bond donors (Lipinski definition) is 1. The minimum absolute atomic E-state index is 0.0746. The summed E-state index contributed by atoms with van der Waals surface area (Å²) in [6, 6.07) is 9.61. The van der Waals surface area contributed by atoms with Crippen molar-refractivity contribution < 1.29 is 19.0 Å². The fraction of sp³-hybridized carbons (Fsp3) is 0.526. The lowest BCUT2D eigenvalue weighted by molar-refractivity contribution is 0.00287. The van der Waals surface area contributed by atoms with Gasteiger partial charge in [0.25, 0.3) is 0 Å². The Labute approximate surface area is 163 Å². The number of nitrogens with one attached hydrogen (secondary N) is 1. The van der Waals surface area contributed by atoms with Crippen molar-refractivity contribution in [1.29, 1.82) is 0 Å². The lowest BCUT2D eigenvalue weighted by atomic mass is 10.1. The lowest BCUT2D eigenvalue weighted by Crippen LogP contribution is -2.36. The van der Waals surface area contributed by atoms with E-state index >= 15 is 0 Å². The third-order valence-electron chi connectivity index (χ3n) is 4.90. The van der Waals surface area contributed by atoms with E-state index in [1.54, 1.807) is 4.68 Å². The molecule has 2 saturated heterocycles. The highest BCUT2D eigenvalue weighted by atomic mass is 16.6. The molecule has 1 aromatic carbocycles. The molecule has 2 aliphatic rings. The lowest BCUT2D eigenvalue weighted by Gasteiger charge is -2.17. The normalized spacial score (nSPS) is 26.4. The minimum Gasteiger partial charge on any atom is -0.441 e. The van der Waals surface area contributed by atoms with Gasteiger partial charge in [0.05, 0.1) is 25.1 Å². The van der Waals surface area contributed by atoms with Gasteiger partial charge in [0.15, 0.2) is 6.10 Å². The van der Waals surface area contributed by atoms with E-state index in [0.29, 0.717) is 19.8 Å². The summed E-state index contributed by atoms with van der Waals surface area (Å²) in [6.07, 6.45) is 0.505. The SMILES string of the molecule is CN(C)Cc1cn([C@@H]2CO[C@@H]3[C@@H]2OC[C@H]3OC(=O)NCc2ccccc2)nn1.